The average Bonchev–Trinajstić information content (AvgIpc) is 2.80. The molecule has 0 spiro atoms. The van der Waals surface area contributed by atoms with Gasteiger partial charge in [0.15, 0.2) is 17.2 Å². The normalized spacial score (nSPS) is 11.3. The second-order valence-electron chi connectivity index (χ2n) is 7.19. The van der Waals surface area contributed by atoms with E-state index in [1.165, 1.54) is 27.0 Å². The van der Waals surface area contributed by atoms with Crippen molar-refractivity contribution in [1.82, 2.24) is 0 Å². The number of methoxy groups -OCH3 is 3. The minimum atomic E-state index is -1.18. The van der Waals surface area contributed by atoms with Crippen molar-refractivity contribution >= 4 is 23.6 Å². The Morgan fingerprint density at radius 1 is 1.00 bits per heavy atom. The molecule has 0 radical (unpaired) electrons. The third-order valence-corrected chi connectivity index (χ3v) is 4.70. The highest BCUT2D eigenvalue weighted by molar-refractivity contribution is 6.02. The van der Waals surface area contributed by atoms with Crippen LogP contribution in [0.3, 0.4) is 0 Å². The molecule has 13 nitrogen and oxygen atoms in total. The van der Waals surface area contributed by atoms with Crippen molar-refractivity contribution in [2.75, 3.05) is 33.2 Å². The van der Waals surface area contributed by atoms with E-state index in [4.69, 9.17) is 14.2 Å². The number of nitrogens with zero attached hydrogens (tertiary/aromatic N) is 1. The van der Waals surface area contributed by atoms with Crippen LogP contribution in [0.4, 0.5) is 5.69 Å². The summed E-state index contributed by atoms with van der Waals surface area (Å²) in [6, 6.07) is 3.32. The molecule has 0 amide bonds. The molecule has 2 rings (SSSR count). The zero-order valence-corrected chi connectivity index (χ0v) is 19.5. The van der Waals surface area contributed by atoms with Crippen molar-refractivity contribution in [3.8, 4) is 28.7 Å². The summed E-state index contributed by atoms with van der Waals surface area (Å²) in [4.78, 5) is 36.8. The minimum Gasteiger partial charge on any atom is -0.872 e. The van der Waals surface area contributed by atoms with Gasteiger partial charge in [0.2, 0.25) is 0 Å². The van der Waals surface area contributed by atoms with Gasteiger partial charge in [0, 0.05) is 6.07 Å². The standard InChI is InChI=1S/C22H25NO12/c1-10-6-12(24)16(22(28)34-9-11(2)20(26)32-4)14(7-10)35-19-15(31-3)8-13(25)18(23(29)30)17(19)21(27)33-5/h6-8,11,24-25,29-30H,9H2,1-5H3/p-1/t11-/m0/s1. The Morgan fingerprint density at radius 2 is 1.66 bits per heavy atom. The maximum atomic E-state index is 12.8. The first-order chi connectivity index (χ1) is 16.5. The Kier molecular flexibility index (Phi) is 8.70. The number of benzene rings is 2. The highest BCUT2D eigenvalue weighted by atomic mass is 16.8. The number of phenolic OH excluding ortho intramolecular Hbond substituents is 1. The number of phenols is 1. The van der Waals surface area contributed by atoms with Gasteiger partial charge < -0.3 is 33.9 Å². The van der Waals surface area contributed by atoms with E-state index in [1.54, 1.807) is 0 Å². The molecule has 0 aliphatic heterocycles. The molecule has 3 N–H and O–H groups in total. The third kappa shape index (κ3) is 5.83. The van der Waals surface area contributed by atoms with E-state index in [-0.39, 0.29) is 11.5 Å². The predicted molar refractivity (Wildman–Crippen MR) is 114 cm³/mol. The van der Waals surface area contributed by atoms with Crippen LogP contribution in [0.1, 0.15) is 33.2 Å². The topological polar surface area (TPSA) is 184 Å². The number of aromatic hydroxyl groups is 1. The van der Waals surface area contributed by atoms with Crippen molar-refractivity contribution in [2.45, 2.75) is 13.8 Å². The van der Waals surface area contributed by atoms with E-state index < -0.39 is 69.7 Å². The summed E-state index contributed by atoms with van der Waals surface area (Å²) in [5.74, 6) is -6.52. The lowest BCUT2D eigenvalue weighted by molar-refractivity contribution is -0.269. The van der Waals surface area contributed by atoms with Crippen LogP contribution in [0.2, 0.25) is 0 Å². The molecule has 1 atom stereocenters. The molecule has 0 heterocycles. The number of hydrogen-bond acceptors (Lipinski definition) is 13. The van der Waals surface area contributed by atoms with E-state index in [9.17, 15) is 35.0 Å². The summed E-state index contributed by atoms with van der Waals surface area (Å²) in [6.07, 6.45) is 0. The van der Waals surface area contributed by atoms with Gasteiger partial charge in [0.1, 0.15) is 23.7 Å². The van der Waals surface area contributed by atoms with Gasteiger partial charge >= 0.3 is 17.9 Å². The van der Waals surface area contributed by atoms with Crippen LogP contribution >= 0.6 is 0 Å². The molecule has 0 fully saturated rings. The quantitative estimate of drug-likeness (QED) is 0.261. The molecule has 0 bridgehead atoms. The number of hydrogen-bond donors (Lipinski definition) is 3. The van der Waals surface area contributed by atoms with Gasteiger partial charge in [-0.1, -0.05) is 11.8 Å². The van der Waals surface area contributed by atoms with Crippen LogP contribution in [0.5, 0.6) is 28.7 Å². The molecular weight excluding hydrogens is 470 g/mol. The number of esters is 3. The molecule has 13 heteroatoms. The molecular formula is C22H24NO12-. The molecule has 0 unspecified atom stereocenters. The molecule has 2 aromatic carbocycles. The second-order valence-corrected chi connectivity index (χ2v) is 7.19. The van der Waals surface area contributed by atoms with Crippen molar-refractivity contribution in [3.63, 3.8) is 0 Å². The smallest absolute Gasteiger partial charge is 0.344 e. The lowest BCUT2D eigenvalue weighted by Crippen LogP contribution is -2.21. The van der Waals surface area contributed by atoms with Gasteiger partial charge in [-0.25, -0.2) is 9.59 Å². The van der Waals surface area contributed by atoms with Crippen molar-refractivity contribution in [1.29, 1.82) is 0 Å². The summed E-state index contributed by atoms with van der Waals surface area (Å²) in [5.41, 5.74) is -1.72. The molecule has 190 valence electrons. The first-order valence-electron chi connectivity index (χ1n) is 9.91. The Morgan fingerprint density at radius 3 is 2.20 bits per heavy atom. The van der Waals surface area contributed by atoms with Gasteiger partial charge in [0.25, 0.3) is 0 Å². The molecule has 35 heavy (non-hydrogen) atoms. The fourth-order valence-electron chi connectivity index (χ4n) is 3.02. The van der Waals surface area contributed by atoms with E-state index in [1.807, 2.05) is 0 Å². The zero-order chi connectivity index (χ0) is 26.4. The van der Waals surface area contributed by atoms with E-state index in [0.717, 1.165) is 26.4 Å². The fraction of sp³-hybridized carbons (Fsp3) is 0.318. The Hall–Kier alpha value is -4.23. The number of anilines is 1. The van der Waals surface area contributed by atoms with Crippen molar-refractivity contribution < 1.29 is 58.7 Å². The molecule has 0 saturated heterocycles. The van der Waals surface area contributed by atoms with Gasteiger partial charge in [0.05, 0.1) is 32.8 Å². The molecule has 0 aromatic heterocycles. The van der Waals surface area contributed by atoms with Crippen LogP contribution in [0.25, 0.3) is 0 Å². The maximum Gasteiger partial charge on any atom is 0.344 e. The lowest BCUT2D eigenvalue weighted by atomic mass is 10.1. The molecule has 0 aliphatic carbocycles. The number of carbonyl (C=O) groups is 3. The van der Waals surface area contributed by atoms with Crippen LogP contribution < -0.4 is 19.8 Å². The van der Waals surface area contributed by atoms with Crippen molar-refractivity contribution in [3.05, 3.63) is 34.9 Å². The number of rotatable bonds is 9. The van der Waals surface area contributed by atoms with E-state index >= 15 is 0 Å². The minimum absolute atomic E-state index is 0.277. The highest BCUT2D eigenvalue weighted by Gasteiger charge is 2.31. The molecule has 0 saturated carbocycles. The average molecular weight is 494 g/mol. The first kappa shape index (κ1) is 27.0. The number of ether oxygens (including phenoxy) is 5. The second kappa shape index (κ2) is 11.3. The lowest BCUT2D eigenvalue weighted by Gasteiger charge is -2.23. The largest absolute Gasteiger partial charge is 0.872 e. The van der Waals surface area contributed by atoms with Crippen LogP contribution in [-0.4, -0.2) is 61.4 Å². The summed E-state index contributed by atoms with van der Waals surface area (Å²) in [6.45, 7) is 2.58. The zero-order valence-electron chi connectivity index (χ0n) is 19.5. The fourth-order valence-corrected chi connectivity index (χ4v) is 3.02. The third-order valence-electron chi connectivity index (χ3n) is 4.70. The SMILES string of the molecule is COC(=O)c1c(Oc2cc(C)cc([O-])c2C(=O)OC[C@H](C)C(=O)OC)c(OC)cc(O)c1N(O)O. The van der Waals surface area contributed by atoms with Gasteiger partial charge in [-0.05, 0) is 25.5 Å². The molecule has 2 aromatic rings. The number of aryl methyl sites for hydroxylation is 1. The van der Waals surface area contributed by atoms with E-state index in [2.05, 4.69) is 9.47 Å². The predicted octanol–water partition coefficient (Wildman–Crippen LogP) is 1.91. The van der Waals surface area contributed by atoms with Crippen LogP contribution in [0, 0.1) is 12.8 Å². The monoisotopic (exact) mass is 494 g/mol. The first-order valence-corrected chi connectivity index (χ1v) is 9.91. The molecule has 0 aliphatic rings. The van der Waals surface area contributed by atoms with E-state index in [0.29, 0.717) is 5.56 Å². The van der Waals surface area contributed by atoms with Crippen molar-refractivity contribution in [2.24, 2.45) is 5.92 Å². The van der Waals surface area contributed by atoms with Gasteiger partial charge in [-0.2, -0.15) is 0 Å². The summed E-state index contributed by atoms with van der Waals surface area (Å²) in [7, 11) is 3.32. The van der Waals surface area contributed by atoms with Crippen LogP contribution in [0.15, 0.2) is 18.2 Å². The number of carbonyl (C=O) groups excluding carboxylic acids is 3. The summed E-state index contributed by atoms with van der Waals surface area (Å²) < 4.78 is 25.1. The van der Waals surface area contributed by atoms with Gasteiger partial charge in [-0.15, -0.1) is 5.23 Å². The Balaban J connectivity index is 2.65. The maximum absolute atomic E-state index is 12.8. The summed E-state index contributed by atoms with van der Waals surface area (Å²) in [5, 5.41) is 41.4. The summed E-state index contributed by atoms with van der Waals surface area (Å²) >= 11 is 0. The van der Waals surface area contributed by atoms with Gasteiger partial charge in [-0.3, -0.25) is 15.2 Å². The highest BCUT2D eigenvalue weighted by Crippen LogP contribution is 2.46. The Bertz CT molecular complexity index is 1130. The van der Waals surface area contributed by atoms with Crippen LogP contribution in [-0.2, 0) is 19.0 Å². The Labute approximate surface area is 199 Å².